The van der Waals surface area contributed by atoms with Gasteiger partial charge in [-0.15, -0.1) is 0 Å². The third-order valence-electron chi connectivity index (χ3n) is 4.80. The number of hydrogen-bond acceptors (Lipinski definition) is 4. The van der Waals surface area contributed by atoms with Gasteiger partial charge in [-0.3, -0.25) is 9.59 Å². The second kappa shape index (κ2) is 12.0. The summed E-state index contributed by atoms with van der Waals surface area (Å²) in [6, 6.07) is 15.2. The minimum Gasteiger partial charge on any atom is -0.400 e. The van der Waals surface area contributed by atoms with E-state index in [1.165, 1.54) is 6.07 Å². The van der Waals surface area contributed by atoms with Gasteiger partial charge in [0.25, 0.3) is 5.91 Å². The largest absolute Gasteiger partial charge is 0.400 e. The van der Waals surface area contributed by atoms with E-state index in [0.717, 1.165) is 35.4 Å². The van der Waals surface area contributed by atoms with Crippen LogP contribution in [0, 0.1) is 12.7 Å². The van der Waals surface area contributed by atoms with Crippen LogP contribution in [0.3, 0.4) is 0 Å². The van der Waals surface area contributed by atoms with Crippen LogP contribution in [0.25, 0.3) is 11.1 Å². The number of aliphatic hydroxyl groups excluding tert-OH is 1. The zero-order valence-electron chi connectivity index (χ0n) is 18.4. The second-order valence-corrected chi connectivity index (χ2v) is 7.30. The number of nitrogens with zero attached hydrogens (tertiary/aromatic N) is 1. The summed E-state index contributed by atoms with van der Waals surface area (Å²) in [6.45, 7) is 2.30. The number of ether oxygens (including phenoxy) is 1. The summed E-state index contributed by atoms with van der Waals surface area (Å²) in [5.74, 6) is -1.77. The quantitative estimate of drug-likeness (QED) is 0.312. The Hall–Kier alpha value is -3.39. The van der Waals surface area contributed by atoms with E-state index in [1.54, 1.807) is 19.2 Å². The molecule has 0 atom stereocenters. The van der Waals surface area contributed by atoms with Crippen LogP contribution >= 0.6 is 11.6 Å². The lowest BCUT2D eigenvalue weighted by Crippen LogP contribution is -2.18. The summed E-state index contributed by atoms with van der Waals surface area (Å²) < 4.78 is 19.6. The average Bonchev–Trinajstić information content (AvgIpc) is 2.82. The number of methoxy groups -OCH3 is 1. The molecule has 0 unspecified atom stereocenters. The monoisotopic (exact) mass is 470 g/mol. The highest BCUT2D eigenvalue weighted by Gasteiger charge is 2.15. The van der Waals surface area contributed by atoms with Crippen molar-refractivity contribution in [2.24, 2.45) is 10.7 Å². The second-order valence-electron chi connectivity index (χ2n) is 6.89. The smallest absolute Gasteiger partial charge is 0.278 e. The highest BCUT2D eigenvalue weighted by atomic mass is 35.5. The van der Waals surface area contributed by atoms with Crippen LogP contribution in [-0.2, 0) is 11.3 Å². The lowest BCUT2D eigenvalue weighted by molar-refractivity contribution is 0.100. The number of aliphatic imine (C=N–C) groups is 1. The van der Waals surface area contributed by atoms with Crippen molar-refractivity contribution in [3.8, 4) is 11.1 Å². The van der Waals surface area contributed by atoms with Crippen molar-refractivity contribution in [3.05, 3.63) is 93.3 Å². The SMILES string of the molecule is CO.COCc1cc(C(=O)N=C(N)c2cc(Cl)c(C=O)cc2F)ccc1-c1ccccc1C. The molecule has 1 amide bonds. The first kappa shape index (κ1) is 25.9. The van der Waals surface area contributed by atoms with Crippen LogP contribution in [0.5, 0.6) is 0 Å². The van der Waals surface area contributed by atoms with E-state index in [-0.39, 0.29) is 27.5 Å². The molecule has 6 nitrogen and oxygen atoms in total. The molecule has 0 spiro atoms. The summed E-state index contributed by atoms with van der Waals surface area (Å²) in [5.41, 5.74) is 9.83. The molecule has 0 aromatic heterocycles. The number of carbonyl (C=O) groups excluding carboxylic acids is 2. The van der Waals surface area contributed by atoms with Crippen LogP contribution in [-0.4, -0.2) is 37.4 Å². The van der Waals surface area contributed by atoms with Gasteiger partial charge in [0.2, 0.25) is 0 Å². The van der Waals surface area contributed by atoms with E-state index >= 15 is 0 Å². The van der Waals surface area contributed by atoms with Crippen LogP contribution < -0.4 is 5.73 Å². The Balaban J connectivity index is 0.00000187. The van der Waals surface area contributed by atoms with Crippen LogP contribution in [0.4, 0.5) is 4.39 Å². The predicted octanol–water partition coefficient (Wildman–Crippen LogP) is 4.57. The maximum atomic E-state index is 14.3. The van der Waals surface area contributed by atoms with Gasteiger partial charge in [0, 0.05) is 25.3 Å². The van der Waals surface area contributed by atoms with Gasteiger partial charge >= 0.3 is 0 Å². The third-order valence-corrected chi connectivity index (χ3v) is 5.13. The van der Waals surface area contributed by atoms with E-state index in [4.69, 9.17) is 27.2 Å². The van der Waals surface area contributed by atoms with Crippen LogP contribution in [0.1, 0.15) is 37.4 Å². The van der Waals surface area contributed by atoms with Gasteiger partial charge in [-0.05, 0) is 53.4 Å². The number of halogens is 2. The molecule has 0 aliphatic heterocycles. The molecule has 0 saturated carbocycles. The van der Waals surface area contributed by atoms with Gasteiger partial charge in [-0.25, -0.2) is 4.39 Å². The van der Waals surface area contributed by atoms with Crippen LogP contribution in [0.2, 0.25) is 5.02 Å². The molecule has 0 heterocycles. The molecule has 0 aliphatic carbocycles. The molecule has 0 radical (unpaired) electrons. The van der Waals surface area contributed by atoms with E-state index in [1.807, 2.05) is 37.3 Å². The fourth-order valence-corrected chi connectivity index (χ4v) is 3.43. The van der Waals surface area contributed by atoms with Gasteiger partial charge in [-0.1, -0.05) is 41.9 Å². The summed E-state index contributed by atoms with van der Waals surface area (Å²) >= 11 is 5.94. The summed E-state index contributed by atoms with van der Waals surface area (Å²) in [7, 11) is 2.57. The Kier molecular flexibility index (Phi) is 9.42. The number of nitrogens with two attached hydrogens (primary N) is 1. The molecule has 0 bridgehead atoms. The first-order valence-corrected chi connectivity index (χ1v) is 10.2. The Morgan fingerprint density at radius 2 is 1.85 bits per heavy atom. The third kappa shape index (κ3) is 6.10. The van der Waals surface area contributed by atoms with Gasteiger partial charge in [0.05, 0.1) is 17.2 Å². The van der Waals surface area contributed by atoms with Gasteiger partial charge in [-0.2, -0.15) is 4.99 Å². The summed E-state index contributed by atoms with van der Waals surface area (Å²) in [5, 5.41) is 7.02. The number of carbonyl (C=O) groups is 2. The van der Waals surface area contributed by atoms with Gasteiger partial charge < -0.3 is 15.6 Å². The van der Waals surface area contributed by atoms with E-state index in [0.29, 0.717) is 12.9 Å². The first-order chi connectivity index (χ1) is 15.8. The summed E-state index contributed by atoms with van der Waals surface area (Å²) in [6.07, 6.45) is 0.432. The van der Waals surface area contributed by atoms with E-state index < -0.39 is 11.7 Å². The number of benzene rings is 3. The lowest BCUT2D eigenvalue weighted by atomic mass is 9.94. The Morgan fingerprint density at radius 3 is 2.48 bits per heavy atom. The van der Waals surface area contributed by atoms with Gasteiger partial charge in [0.15, 0.2) is 6.29 Å². The zero-order valence-corrected chi connectivity index (χ0v) is 19.2. The molecule has 0 saturated heterocycles. The Bertz CT molecular complexity index is 1200. The number of hydrogen-bond donors (Lipinski definition) is 2. The molecule has 8 heteroatoms. The summed E-state index contributed by atoms with van der Waals surface area (Å²) in [4.78, 5) is 27.4. The molecule has 3 aromatic carbocycles. The Labute approximate surface area is 196 Å². The number of amides is 1. The highest BCUT2D eigenvalue weighted by Crippen LogP contribution is 2.28. The normalized spacial score (nSPS) is 10.9. The van der Waals surface area contributed by atoms with Crippen LogP contribution in [0.15, 0.2) is 59.6 Å². The van der Waals surface area contributed by atoms with Crippen molar-refractivity contribution in [2.45, 2.75) is 13.5 Å². The molecule has 3 aromatic rings. The van der Waals surface area contributed by atoms with E-state index in [2.05, 4.69) is 4.99 Å². The molecular formula is C25H24ClFN2O4. The van der Waals surface area contributed by atoms with Crippen molar-refractivity contribution in [1.82, 2.24) is 0 Å². The fraction of sp³-hybridized carbons (Fsp3) is 0.160. The number of aliphatic hydroxyl groups is 1. The molecular weight excluding hydrogens is 447 g/mol. The standard InChI is InChI=1S/C24H20ClFN2O3.CH4O/c1-14-5-3-4-6-18(14)19-8-7-15(9-17(19)13-31-2)24(30)28-23(27)20-11-21(25)16(12-29)10-22(20)26;1-2/h3-12H,13H2,1-2H3,(H2,27,28,30);2H,1H3. The number of aryl methyl sites for hydroxylation is 1. The lowest BCUT2D eigenvalue weighted by Gasteiger charge is -2.13. The predicted molar refractivity (Wildman–Crippen MR) is 127 cm³/mol. The maximum absolute atomic E-state index is 14.3. The number of amidine groups is 1. The highest BCUT2D eigenvalue weighted by molar-refractivity contribution is 6.33. The molecule has 3 N–H and O–H groups in total. The molecule has 3 rings (SSSR count). The van der Waals surface area contributed by atoms with Gasteiger partial charge in [0.1, 0.15) is 11.7 Å². The minimum absolute atomic E-state index is 0.0157. The fourth-order valence-electron chi connectivity index (χ4n) is 3.22. The Morgan fingerprint density at radius 1 is 1.15 bits per heavy atom. The first-order valence-electron chi connectivity index (χ1n) is 9.81. The molecule has 0 aliphatic rings. The van der Waals surface area contributed by atoms with Crippen molar-refractivity contribution >= 4 is 29.6 Å². The number of aldehydes is 1. The van der Waals surface area contributed by atoms with E-state index in [9.17, 15) is 14.0 Å². The van der Waals surface area contributed by atoms with Crippen molar-refractivity contribution < 1.29 is 23.8 Å². The van der Waals surface area contributed by atoms with Crippen molar-refractivity contribution in [2.75, 3.05) is 14.2 Å². The minimum atomic E-state index is -0.796. The van der Waals surface area contributed by atoms with Crippen molar-refractivity contribution in [3.63, 3.8) is 0 Å². The topological polar surface area (TPSA) is 102 Å². The number of rotatable bonds is 6. The zero-order chi connectivity index (χ0) is 24.5. The molecule has 33 heavy (non-hydrogen) atoms. The average molecular weight is 471 g/mol. The maximum Gasteiger partial charge on any atom is 0.278 e. The van der Waals surface area contributed by atoms with Crippen molar-refractivity contribution in [1.29, 1.82) is 0 Å². The molecule has 172 valence electrons. The molecule has 0 fully saturated rings.